The Morgan fingerprint density at radius 2 is 1.61 bits per heavy atom. The van der Waals surface area contributed by atoms with Gasteiger partial charge in [-0.2, -0.15) is 0 Å². The molecular weight excluding hydrogens is 466 g/mol. The number of anilines is 1. The molecule has 0 spiro atoms. The Balaban J connectivity index is 1.92. The highest BCUT2D eigenvalue weighted by Gasteiger charge is 2.25. The first-order valence-electron chi connectivity index (χ1n) is 9.79. The molecule has 0 saturated heterocycles. The van der Waals surface area contributed by atoms with Crippen LogP contribution in [0.2, 0.25) is 5.02 Å². The first-order chi connectivity index (χ1) is 15.6. The number of halogens is 1. The molecule has 1 amide bonds. The molecule has 0 atom stereocenters. The van der Waals surface area contributed by atoms with Crippen LogP contribution in [0.25, 0.3) is 11.0 Å². The van der Waals surface area contributed by atoms with E-state index in [2.05, 4.69) is 5.32 Å². The van der Waals surface area contributed by atoms with E-state index in [1.807, 2.05) is 0 Å². The highest BCUT2D eigenvalue weighted by molar-refractivity contribution is 7.91. The fourth-order valence-corrected chi connectivity index (χ4v) is 5.16. The molecule has 10 heteroatoms. The molecule has 1 N–H and O–H groups in total. The van der Waals surface area contributed by atoms with E-state index in [1.54, 1.807) is 32.3 Å². The van der Waals surface area contributed by atoms with Crippen LogP contribution in [0.15, 0.2) is 75.2 Å². The molecule has 1 heterocycles. The minimum absolute atomic E-state index is 0.0156. The van der Waals surface area contributed by atoms with Crippen LogP contribution in [0.3, 0.4) is 0 Å². The number of imidazole rings is 1. The number of benzene rings is 3. The van der Waals surface area contributed by atoms with Gasteiger partial charge in [0.15, 0.2) is 0 Å². The highest BCUT2D eigenvalue weighted by atomic mass is 35.5. The predicted octanol–water partition coefficient (Wildman–Crippen LogP) is 3.62. The van der Waals surface area contributed by atoms with E-state index in [1.165, 1.54) is 58.7 Å². The fourth-order valence-electron chi connectivity index (χ4n) is 3.55. The summed E-state index contributed by atoms with van der Waals surface area (Å²) in [7, 11) is 0.548. The number of hydrogen-bond donors (Lipinski definition) is 1. The molecule has 4 aromatic rings. The molecule has 8 nitrogen and oxygen atoms in total. The third-order valence-corrected chi connectivity index (χ3v) is 7.41. The van der Waals surface area contributed by atoms with Gasteiger partial charge in [0.25, 0.3) is 5.91 Å². The van der Waals surface area contributed by atoms with Crippen molar-refractivity contribution in [1.82, 2.24) is 9.13 Å². The van der Waals surface area contributed by atoms with Crippen LogP contribution in [0, 0.1) is 0 Å². The molecule has 0 fully saturated rings. The van der Waals surface area contributed by atoms with Gasteiger partial charge in [-0.15, -0.1) is 0 Å². The Labute approximate surface area is 194 Å². The Morgan fingerprint density at radius 1 is 0.970 bits per heavy atom. The van der Waals surface area contributed by atoms with Crippen LogP contribution in [-0.4, -0.2) is 30.6 Å². The number of nitrogens with zero attached hydrogens (tertiary/aromatic N) is 2. The van der Waals surface area contributed by atoms with Gasteiger partial charge < -0.3 is 10.1 Å². The van der Waals surface area contributed by atoms with Crippen LogP contribution < -0.4 is 15.7 Å². The molecule has 3 aromatic carbocycles. The Hall–Kier alpha value is -3.56. The van der Waals surface area contributed by atoms with E-state index in [9.17, 15) is 18.0 Å². The Bertz CT molecular complexity index is 1550. The highest BCUT2D eigenvalue weighted by Crippen LogP contribution is 2.32. The van der Waals surface area contributed by atoms with E-state index in [0.717, 1.165) is 0 Å². The molecule has 0 bridgehead atoms. The summed E-state index contributed by atoms with van der Waals surface area (Å²) in [5.74, 6) is -0.0340. The van der Waals surface area contributed by atoms with Crippen LogP contribution >= 0.6 is 11.6 Å². The number of hydrogen-bond acceptors (Lipinski definition) is 5. The second-order valence-corrected chi connectivity index (χ2v) is 9.74. The summed E-state index contributed by atoms with van der Waals surface area (Å²) in [6.07, 6.45) is 0. The molecule has 0 aliphatic heterocycles. The van der Waals surface area contributed by atoms with Gasteiger partial charge in [-0.05, 0) is 54.6 Å². The monoisotopic (exact) mass is 485 g/mol. The first kappa shape index (κ1) is 22.6. The average molecular weight is 486 g/mol. The third kappa shape index (κ3) is 4.01. The lowest BCUT2D eigenvalue weighted by Crippen LogP contribution is -2.19. The van der Waals surface area contributed by atoms with E-state index >= 15 is 0 Å². The number of ether oxygens (including phenoxy) is 1. The molecule has 0 radical (unpaired) electrons. The normalized spacial score (nSPS) is 11.5. The maximum absolute atomic E-state index is 13.6. The number of fused-ring (bicyclic) bond motifs is 1. The number of carbonyl (C=O) groups is 1. The van der Waals surface area contributed by atoms with Crippen LogP contribution in [0.5, 0.6) is 5.75 Å². The maximum Gasteiger partial charge on any atom is 0.328 e. The van der Waals surface area contributed by atoms with E-state index in [4.69, 9.17) is 16.3 Å². The summed E-state index contributed by atoms with van der Waals surface area (Å²) in [6.45, 7) is 0. The second kappa shape index (κ2) is 8.42. The van der Waals surface area contributed by atoms with E-state index in [0.29, 0.717) is 21.8 Å². The van der Waals surface area contributed by atoms with Crippen molar-refractivity contribution in [2.24, 2.45) is 14.1 Å². The number of amides is 1. The minimum Gasteiger partial charge on any atom is -0.497 e. The number of sulfone groups is 1. The van der Waals surface area contributed by atoms with Crippen LogP contribution in [0.4, 0.5) is 5.69 Å². The summed E-state index contributed by atoms with van der Waals surface area (Å²) in [6, 6.07) is 15.1. The molecule has 0 unspecified atom stereocenters. The number of aryl methyl sites for hydroxylation is 2. The number of nitrogens with one attached hydrogen (secondary N) is 1. The largest absolute Gasteiger partial charge is 0.497 e. The first-order valence-corrected chi connectivity index (χ1v) is 11.6. The summed E-state index contributed by atoms with van der Waals surface area (Å²) in [5.41, 5.74) is 0.867. The second-order valence-electron chi connectivity index (χ2n) is 7.38. The molecule has 33 heavy (non-hydrogen) atoms. The van der Waals surface area contributed by atoms with Crippen molar-refractivity contribution in [1.29, 1.82) is 0 Å². The van der Waals surface area contributed by atoms with Crippen LogP contribution in [0.1, 0.15) is 10.4 Å². The molecule has 4 rings (SSSR count). The Kier molecular flexibility index (Phi) is 5.77. The number of methoxy groups -OCH3 is 1. The fraction of sp³-hybridized carbons (Fsp3) is 0.130. The van der Waals surface area contributed by atoms with E-state index < -0.39 is 15.7 Å². The molecule has 170 valence electrons. The smallest absolute Gasteiger partial charge is 0.328 e. The van der Waals surface area contributed by atoms with Gasteiger partial charge in [-0.3, -0.25) is 13.9 Å². The number of aromatic nitrogens is 2. The van der Waals surface area contributed by atoms with Gasteiger partial charge >= 0.3 is 5.69 Å². The van der Waals surface area contributed by atoms with Crippen molar-refractivity contribution in [2.45, 2.75) is 9.79 Å². The van der Waals surface area contributed by atoms with Crippen molar-refractivity contribution in [3.05, 3.63) is 81.7 Å². The molecule has 0 saturated carbocycles. The summed E-state index contributed by atoms with van der Waals surface area (Å²) in [5, 5.41) is 3.04. The van der Waals surface area contributed by atoms with Gasteiger partial charge in [0.1, 0.15) is 5.75 Å². The summed E-state index contributed by atoms with van der Waals surface area (Å²) >= 11 is 5.99. The molecule has 0 aliphatic rings. The SMILES string of the molecule is COc1ccc(S(=O)(=O)c2cc3c(cc2NC(=O)c2cccc(Cl)c2)n(C)c(=O)n3C)cc1. The standard InChI is InChI=1S/C23H20ClN3O5S/c1-26-19-12-18(25-22(28)14-5-4-6-15(24)11-14)21(13-20(19)27(2)23(26)29)33(30,31)17-9-7-16(32-3)8-10-17/h4-13H,1-3H3,(H,25,28). The predicted molar refractivity (Wildman–Crippen MR) is 126 cm³/mol. The zero-order valence-electron chi connectivity index (χ0n) is 18.0. The van der Waals surface area contributed by atoms with Crippen molar-refractivity contribution in [3.63, 3.8) is 0 Å². The lowest BCUT2D eigenvalue weighted by atomic mass is 10.2. The zero-order chi connectivity index (χ0) is 23.9. The minimum atomic E-state index is -4.06. The molecule has 0 aliphatic carbocycles. The third-order valence-electron chi connectivity index (χ3n) is 5.37. The van der Waals surface area contributed by atoms with Gasteiger partial charge in [0.05, 0.1) is 33.6 Å². The lowest BCUT2D eigenvalue weighted by Gasteiger charge is -2.14. The van der Waals surface area contributed by atoms with Crippen molar-refractivity contribution >= 4 is 44.1 Å². The lowest BCUT2D eigenvalue weighted by molar-refractivity contribution is 0.102. The van der Waals surface area contributed by atoms with Crippen molar-refractivity contribution < 1.29 is 17.9 Å². The molecule has 1 aromatic heterocycles. The summed E-state index contributed by atoms with van der Waals surface area (Å²) < 4.78 is 35.0. The van der Waals surface area contributed by atoms with Gasteiger partial charge in [-0.1, -0.05) is 17.7 Å². The zero-order valence-corrected chi connectivity index (χ0v) is 19.6. The topological polar surface area (TPSA) is 99.4 Å². The molecular formula is C23H20ClN3O5S. The van der Waals surface area contributed by atoms with Gasteiger partial charge in [0.2, 0.25) is 9.84 Å². The van der Waals surface area contributed by atoms with Crippen molar-refractivity contribution in [3.8, 4) is 5.75 Å². The van der Waals surface area contributed by atoms with E-state index in [-0.39, 0.29) is 26.7 Å². The number of carbonyl (C=O) groups excluding carboxylic acids is 1. The maximum atomic E-state index is 13.6. The van der Waals surface area contributed by atoms with Gasteiger partial charge in [0, 0.05) is 24.7 Å². The Morgan fingerprint density at radius 3 is 2.21 bits per heavy atom. The summed E-state index contributed by atoms with van der Waals surface area (Å²) in [4.78, 5) is 25.2. The van der Waals surface area contributed by atoms with Crippen molar-refractivity contribution in [2.75, 3.05) is 12.4 Å². The van der Waals surface area contributed by atoms with Crippen LogP contribution in [-0.2, 0) is 23.9 Å². The number of rotatable bonds is 5. The average Bonchev–Trinajstić information content (AvgIpc) is 3.02. The van der Waals surface area contributed by atoms with Gasteiger partial charge in [-0.25, -0.2) is 13.2 Å². The quantitative estimate of drug-likeness (QED) is 0.465.